The van der Waals surface area contributed by atoms with Crippen molar-refractivity contribution in [2.45, 2.75) is 62.9 Å². The number of ether oxygens (including phenoxy) is 2. The lowest BCUT2D eigenvalue weighted by Crippen LogP contribution is -2.62. The Kier molecular flexibility index (Phi) is 4.17. The topological polar surface area (TPSA) is 79.4 Å². The number of hydrogen-bond acceptors (Lipinski definition) is 6. The Morgan fingerprint density at radius 1 is 0.909 bits per heavy atom. The molecular formula is C25H29N3O5. The number of carbonyl (C=O) groups is 3. The molecule has 8 heteroatoms. The standard InChI is InChI=1S/C25H29N3O5/c29-22-23(30)28(25-10-15-6-16(11-25)8-17(7-15)12-25)24(31)27(22)13-26-5-1-2-19(26)18-3-4-20-21(9-18)33-14-32-20/h3-4,9,15-17,19H,1-2,5-8,10-14H2. The van der Waals surface area contributed by atoms with Gasteiger partial charge in [-0.15, -0.1) is 0 Å². The molecule has 1 aromatic carbocycles. The Labute approximate surface area is 192 Å². The van der Waals surface area contributed by atoms with Crippen LogP contribution in [-0.4, -0.2) is 58.1 Å². The molecule has 0 radical (unpaired) electrons. The Balaban J connectivity index is 1.13. The van der Waals surface area contributed by atoms with E-state index in [-0.39, 0.29) is 19.5 Å². The molecule has 1 atom stereocenters. The zero-order valence-corrected chi connectivity index (χ0v) is 18.7. The number of benzene rings is 1. The fourth-order valence-corrected chi connectivity index (χ4v) is 8.06. The molecule has 8 rings (SSSR count). The van der Waals surface area contributed by atoms with E-state index in [2.05, 4.69) is 4.90 Å². The lowest BCUT2D eigenvalue weighted by Gasteiger charge is -2.58. The van der Waals surface area contributed by atoms with Gasteiger partial charge in [0.1, 0.15) is 0 Å². The van der Waals surface area contributed by atoms with Crippen LogP contribution in [0, 0.1) is 17.8 Å². The second-order valence-electron chi connectivity index (χ2n) is 11.0. The number of imide groups is 2. The molecule has 2 saturated heterocycles. The SMILES string of the molecule is O=C1C(=O)N(C23CC4CC(CC(C4)C2)C3)C(=O)N1CN1CCCC1c1ccc2c(c1)OCO2. The molecule has 6 fully saturated rings. The maximum Gasteiger partial charge on any atom is 0.335 e. The van der Waals surface area contributed by atoms with Gasteiger partial charge in [-0.1, -0.05) is 6.07 Å². The van der Waals surface area contributed by atoms with Gasteiger partial charge in [0, 0.05) is 12.6 Å². The van der Waals surface area contributed by atoms with Gasteiger partial charge in [0.2, 0.25) is 6.79 Å². The highest BCUT2D eigenvalue weighted by atomic mass is 16.7. The van der Waals surface area contributed by atoms with E-state index >= 15 is 0 Å². The van der Waals surface area contributed by atoms with Gasteiger partial charge in [0.15, 0.2) is 11.5 Å². The van der Waals surface area contributed by atoms with Gasteiger partial charge in [0.05, 0.1) is 12.2 Å². The molecule has 1 aromatic rings. The maximum atomic E-state index is 13.6. The second kappa shape index (κ2) is 6.95. The quantitative estimate of drug-likeness (QED) is 0.516. The zero-order chi connectivity index (χ0) is 22.3. The first kappa shape index (κ1) is 19.8. The highest BCUT2D eigenvalue weighted by Gasteiger charge is 2.61. The molecule has 8 nitrogen and oxygen atoms in total. The smallest absolute Gasteiger partial charge is 0.335 e. The Morgan fingerprint density at radius 3 is 2.33 bits per heavy atom. The molecule has 33 heavy (non-hydrogen) atoms. The van der Waals surface area contributed by atoms with Crippen LogP contribution in [0.4, 0.5) is 4.79 Å². The van der Waals surface area contributed by atoms with Crippen molar-refractivity contribution in [3.63, 3.8) is 0 Å². The summed E-state index contributed by atoms with van der Waals surface area (Å²) < 4.78 is 11.0. The van der Waals surface area contributed by atoms with Crippen molar-refractivity contribution in [3.8, 4) is 11.5 Å². The van der Waals surface area contributed by atoms with Crippen LogP contribution in [0.2, 0.25) is 0 Å². The van der Waals surface area contributed by atoms with E-state index in [0.717, 1.165) is 55.7 Å². The first-order chi connectivity index (χ1) is 16.0. The van der Waals surface area contributed by atoms with Gasteiger partial charge in [-0.25, -0.2) is 14.6 Å². The van der Waals surface area contributed by atoms with Gasteiger partial charge < -0.3 is 9.47 Å². The van der Waals surface area contributed by atoms with E-state index in [4.69, 9.17) is 9.47 Å². The molecule has 3 aliphatic heterocycles. The van der Waals surface area contributed by atoms with Crippen molar-refractivity contribution in [1.82, 2.24) is 14.7 Å². The lowest BCUT2D eigenvalue weighted by atomic mass is 9.52. The van der Waals surface area contributed by atoms with Gasteiger partial charge in [-0.3, -0.25) is 14.5 Å². The number of hydrogen-bond donors (Lipinski definition) is 0. The molecule has 174 valence electrons. The average molecular weight is 452 g/mol. The highest BCUT2D eigenvalue weighted by Crippen LogP contribution is 2.58. The Morgan fingerprint density at radius 2 is 1.61 bits per heavy atom. The van der Waals surface area contributed by atoms with Crippen molar-refractivity contribution in [3.05, 3.63) is 23.8 Å². The van der Waals surface area contributed by atoms with Gasteiger partial charge in [-0.05, 0) is 86.8 Å². The third kappa shape index (κ3) is 2.89. The van der Waals surface area contributed by atoms with Gasteiger partial charge in [-0.2, -0.15) is 0 Å². The number of likely N-dealkylation sites (tertiary alicyclic amines) is 1. The van der Waals surface area contributed by atoms with E-state index < -0.39 is 23.4 Å². The van der Waals surface area contributed by atoms with Crippen LogP contribution in [0.5, 0.6) is 11.5 Å². The van der Waals surface area contributed by atoms with Crippen molar-refractivity contribution in [2.75, 3.05) is 20.0 Å². The Hall–Kier alpha value is -2.61. The summed E-state index contributed by atoms with van der Waals surface area (Å²) in [6.07, 6.45) is 8.20. The van der Waals surface area contributed by atoms with Crippen LogP contribution in [0.25, 0.3) is 0 Å². The summed E-state index contributed by atoms with van der Waals surface area (Å²) in [6.45, 7) is 1.17. The first-order valence-electron chi connectivity index (χ1n) is 12.3. The van der Waals surface area contributed by atoms with Crippen molar-refractivity contribution in [1.29, 1.82) is 0 Å². The van der Waals surface area contributed by atoms with Gasteiger partial charge in [0.25, 0.3) is 0 Å². The van der Waals surface area contributed by atoms with Crippen LogP contribution in [0.15, 0.2) is 18.2 Å². The summed E-state index contributed by atoms with van der Waals surface area (Å²) in [7, 11) is 0. The molecule has 3 heterocycles. The number of carbonyl (C=O) groups excluding carboxylic acids is 3. The molecule has 4 aliphatic carbocycles. The molecule has 0 N–H and O–H groups in total. The fourth-order valence-electron chi connectivity index (χ4n) is 8.06. The van der Waals surface area contributed by atoms with E-state index in [1.807, 2.05) is 18.2 Å². The maximum absolute atomic E-state index is 13.6. The number of amides is 4. The average Bonchev–Trinajstić information content (AvgIpc) is 3.48. The minimum Gasteiger partial charge on any atom is -0.454 e. The summed E-state index contributed by atoms with van der Waals surface area (Å²) in [5, 5.41) is 0. The summed E-state index contributed by atoms with van der Waals surface area (Å²) in [5.41, 5.74) is 0.648. The second-order valence-corrected chi connectivity index (χ2v) is 11.0. The lowest BCUT2D eigenvalue weighted by molar-refractivity contribution is -0.150. The van der Waals surface area contributed by atoms with Crippen molar-refractivity contribution < 1.29 is 23.9 Å². The van der Waals surface area contributed by atoms with E-state index in [0.29, 0.717) is 17.8 Å². The van der Waals surface area contributed by atoms with Crippen LogP contribution >= 0.6 is 0 Å². The summed E-state index contributed by atoms with van der Waals surface area (Å²) in [5.74, 6) is 1.98. The summed E-state index contributed by atoms with van der Waals surface area (Å²) >= 11 is 0. The minimum absolute atomic E-state index is 0.0730. The largest absolute Gasteiger partial charge is 0.454 e. The number of rotatable bonds is 4. The van der Waals surface area contributed by atoms with Crippen LogP contribution in [-0.2, 0) is 9.59 Å². The Bertz CT molecular complexity index is 1020. The van der Waals surface area contributed by atoms with Gasteiger partial charge >= 0.3 is 17.8 Å². The molecule has 4 saturated carbocycles. The molecular weight excluding hydrogens is 422 g/mol. The predicted octanol–water partition coefficient (Wildman–Crippen LogP) is 3.27. The van der Waals surface area contributed by atoms with E-state index in [1.165, 1.54) is 29.1 Å². The molecule has 0 aromatic heterocycles. The molecule has 7 aliphatic rings. The predicted molar refractivity (Wildman–Crippen MR) is 116 cm³/mol. The number of fused-ring (bicyclic) bond motifs is 1. The number of urea groups is 1. The first-order valence-corrected chi connectivity index (χ1v) is 12.3. The molecule has 0 spiro atoms. The fraction of sp³-hybridized carbons (Fsp3) is 0.640. The number of nitrogens with zero attached hydrogens (tertiary/aromatic N) is 3. The highest BCUT2D eigenvalue weighted by molar-refractivity contribution is 6.44. The third-order valence-electron chi connectivity index (χ3n) is 9.00. The molecule has 1 unspecified atom stereocenters. The van der Waals surface area contributed by atoms with Crippen LogP contribution < -0.4 is 9.47 Å². The van der Waals surface area contributed by atoms with Crippen LogP contribution in [0.3, 0.4) is 0 Å². The van der Waals surface area contributed by atoms with Crippen molar-refractivity contribution >= 4 is 17.8 Å². The normalized spacial score (nSPS) is 37.2. The summed E-state index contributed by atoms with van der Waals surface area (Å²) in [6, 6.07) is 5.61. The monoisotopic (exact) mass is 451 g/mol. The van der Waals surface area contributed by atoms with Crippen LogP contribution in [0.1, 0.15) is 63.0 Å². The summed E-state index contributed by atoms with van der Waals surface area (Å²) in [4.78, 5) is 44.5. The molecule has 4 amide bonds. The van der Waals surface area contributed by atoms with E-state index in [9.17, 15) is 14.4 Å². The van der Waals surface area contributed by atoms with Crippen molar-refractivity contribution in [2.24, 2.45) is 17.8 Å². The van der Waals surface area contributed by atoms with E-state index in [1.54, 1.807) is 0 Å². The zero-order valence-electron chi connectivity index (χ0n) is 18.7. The third-order valence-corrected chi connectivity index (χ3v) is 9.00. The minimum atomic E-state index is -0.660. The molecule has 4 bridgehead atoms.